The average Bonchev–Trinajstić information content (AvgIpc) is 3.21. The summed E-state index contributed by atoms with van der Waals surface area (Å²) >= 11 is 0. The van der Waals surface area contributed by atoms with Gasteiger partial charge in [-0.1, -0.05) is 153 Å². The zero-order valence-electron chi connectivity index (χ0n) is 30.1. The van der Waals surface area contributed by atoms with Crippen molar-refractivity contribution >= 4 is 27.9 Å². The summed E-state index contributed by atoms with van der Waals surface area (Å²) in [6.45, 7) is 4.31. The predicted molar refractivity (Wildman–Crippen MR) is 217 cm³/mol. The van der Waals surface area contributed by atoms with E-state index in [9.17, 15) is 0 Å². The molecule has 3 aliphatic rings. The van der Waals surface area contributed by atoms with Crippen molar-refractivity contribution < 1.29 is 0 Å². The van der Waals surface area contributed by atoms with E-state index in [1.165, 1.54) is 81.8 Å². The molecule has 0 radical (unpaired) electrons. The van der Waals surface area contributed by atoms with E-state index in [0.717, 1.165) is 48.4 Å². The number of benzene rings is 5. The molecule has 0 saturated heterocycles. The molecule has 1 saturated carbocycles. The van der Waals surface area contributed by atoms with Crippen molar-refractivity contribution in [2.75, 3.05) is 0 Å². The summed E-state index contributed by atoms with van der Waals surface area (Å²) in [5, 5.41) is 2.47. The smallest absolute Gasteiger partial charge is 0.155 e. The maximum Gasteiger partial charge on any atom is 0.155 e. The Balaban J connectivity index is 1.08. The number of nitrogens with zero attached hydrogens (tertiary/aromatic N) is 2. The third-order valence-electron chi connectivity index (χ3n) is 11.5. The van der Waals surface area contributed by atoms with Crippen molar-refractivity contribution in [3.8, 4) is 0 Å². The van der Waals surface area contributed by atoms with Crippen molar-refractivity contribution in [3.05, 3.63) is 184 Å². The van der Waals surface area contributed by atoms with Crippen LogP contribution in [0.4, 0.5) is 0 Å². The number of amidine groups is 1. The Morgan fingerprint density at radius 2 is 1.41 bits per heavy atom. The van der Waals surface area contributed by atoms with E-state index < -0.39 is 0 Å². The second-order valence-corrected chi connectivity index (χ2v) is 14.7. The quantitative estimate of drug-likeness (QED) is 0.122. The molecule has 8 rings (SSSR count). The highest BCUT2D eigenvalue weighted by Gasteiger charge is 2.35. The molecule has 5 aromatic carbocycles. The fourth-order valence-corrected chi connectivity index (χ4v) is 8.55. The third-order valence-corrected chi connectivity index (χ3v) is 11.5. The second-order valence-electron chi connectivity index (χ2n) is 14.7. The Morgan fingerprint density at radius 1 is 0.686 bits per heavy atom. The molecule has 0 bridgehead atoms. The summed E-state index contributed by atoms with van der Waals surface area (Å²) in [5.74, 6) is 0.813. The molecule has 0 aliphatic heterocycles. The number of hydrogen-bond donors (Lipinski definition) is 0. The minimum Gasteiger partial charge on any atom is -0.258 e. The molecule has 254 valence electrons. The first-order chi connectivity index (χ1) is 25.1. The van der Waals surface area contributed by atoms with Gasteiger partial charge >= 0.3 is 0 Å². The summed E-state index contributed by atoms with van der Waals surface area (Å²) in [6.07, 6.45) is 19.7. The predicted octanol–water partition coefficient (Wildman–Crippen LogP) is 12.7. The molecule has 0 amide bonds. The first-order valence-corrected chi connectivity index (χ1v) is 19.1. The lowest BCUT2D eigenvalue weighted by molar-refractivity contribution is 0.346. The Labute approximate surface area is 304 Å². The maximum absolute atomic E-state index is 5.29. The molecule has 1 fully saturated rings. The molecule has 0 N–H and O–H groups in total. The molecule has 5 aromatic rings. The van der Waals surface area contributed by atoms with Crippen LogP contribution in [0.3, 0.4) is 0 Å². The highest BCUT2D eigenvalue weighted by atomic mass is 14.9. The molecule has 0 heterocycles. The van der Waals surface area contributed by atoms with E-state index in [2.05, 4.69) is 153 Å². The maximum atomic E-state index is 5.29. The van der Waals surface area contributed by atoms with Crippen molar-refractivity contribution in [3.63, 3.8) is 0 Å². The summed E-state index contributed by atoms with van der Waals surface area (Å²) in [7, 11) is 0. The highest BCUT2D eigenvalue weighted by molar-refractivity contribution is 6.13. The van der Waals surface area contributed by atoms with E-state index in [4.69, 9.17) is 9.98 Å². The first-order valence-electron chi connectivity index (χ1n) is 19.1. The van der Waals surface area contributed by atoms with Crippen molar-refractivity contribution in [2.24, 2.45) is 9.98 Å². The van der Waals surface area contributed by atoms with Gasteiger partial charge in [-0.3, -0.25) is 4.99 Å². The summed E-state index contributed by atoms with van der Waals surface area (Å²) < 4.78 is 0. The van der Waals surface area contributed by atoms with Crippen LogP contribution in [-0.2, 0) is 11.8 Å². The number of fused-ring (bicyclic) bond motifs is 2. The van der Waals surface area contributed by atoms with Crippen molar-refractivity contribution in [1.29, 1.82) is 0 Å². The van der Waals surface area contributed by atoms with E-state index in [-0.39, 0.29) is 11.5 Å². The van der Waals surface area contributed by atoms with Crippen LogP contribution < -0.4 is 0 Å². The average molecular weight is 665 g/mol. The Bertz CT molecular complexity index is 2180. The van der Waals surface area contributed by atoms with Gasteiger partial charge in [0, 0.05) is 16.7 Å². The highest BCUT2D eigenvalue weighted by Crippen LogP contribution is 2.46. The van der Waals surface area contributed by atoms with Gasteiger partial charge in [-0.25, -0.2) is 4.99 Å². The number of rotatable bonds is 7. The van der Waals surface area contributed by atoms with Gasteiger partial charge < -0.3 is 0 Å². The van der Waals surface area contributed by atoms with Gasteiger partial charge in [-0.05, 0) is 114 Å². The lowest BCUT2D eigenvalue weighted by atomic mass is 9.65. The monoisotopic (exact) mass is 664 g/mol. The normalized spacial score (nSPS) is 18.2. The van der Waals surface area contributed by atoms with Gasteiger partial charge in [0.15, 0.2) is 5.84 Å². The Morgan fingerprint density at radius 3 is 2.18 bits per heavy atom. The molecular weight excluding hydrogens is 617 g/mol. The van der Waals surface area contributed by atoms with Crippen molar-refractivity contribution in [1.82, 2.24) is 0 Å². The molecule has 0 aromatic heterocycles. The van der Waals surface area contributed by atoms with E-state index in [1.54, 1.807) is 0 Å². The van der Waals surface area contributed by atoms with Crippen LogP contribution in [-0.4, -0.2) is 11.5 Å². The molecule has 51 heavy (non-hydrogen) atoms. The molecule has 2 heteroatoms. The molecule has 2 nitrogen and oxygen atoms in total. The standard InChI is InChI=1S/C49H48N2/c1-35(50-48(41-16-5-3-6-17-41)51-36(2)42-23-22-38-14-7-8-18-43(38)34-42)37-24-28-44(29-25-37)49(32-11-4-12-33-49)45-30-26-40(27-31-45)47-21-13-19-39-15-9-10-20-46(39)47/h5,7-10,14-18,20-31,34-35H,3-4,6,11-13,19,32-33H2,1-2H3/b50-48-,51-36+. The molecule has 1 atom stereocenters. The van der Waals surface area contributed by atoms with Crippen LogP contribution in [0.5, 0.6) is 0 Å². The van der Waals surface area contributed by atoms with Crippen LogP contribution in [0.1, 0.15) is 110 Å². The Kier molecular flexibility index (Phi) is 9.50. The van der Waals surface area contributed by atoms with Gasteiger partial charge in [-0.15, -0.1) is 0 Å². The van der Waals surface area contributed by atoms with Crippen LogP contribution in [0, 0.1) is 0 Å². The fourth-order valence-electron chi connectivity index (χ4n) is 8.55. The van der Waals surface area contributed by atoms with E-state index in [0.29, 0.717) is 0 Å². The molecular formula is C49H48N2. The van der Waals surface area contributed by atoms with Crippen LogP contribution in [0.2, 0.25) is 0 Å². The van der Waals surface area contributed by atoms with Crippen LogP contribution in [0.25, 0.3) is 16.3 Å². The van der Waals surface area contributed by atoms with Crippen LogP contribution in [0.15, 0.2) is 155 Å². The number of allylic oxidation sites excluding steroid dienone is 3. The van der Waals surface area contributed by atoms with Gasteiger partial charge in [0.25, 0.3) is 0 Å². The second kappa shape index (κ2) is 14.6. The number of aryl methyl sites for hydroxylation is 1. The first kappa shape index (κ1) is 33.1. The van der Waals surface area contributed by atoms with Crippen LogP contribution >= 0.6 is 0 Å². The largest absolute Gasteiger partial charge is 0.258 e. The zero-order valence-corrected chi connectivity index (χ0v) is 30.1. The molecule has 0 spiro atoms. The van der Waals surface area contributed by atoms with E-state index >= 15 is 0 Å². The Hall–Kier alpha value is -5.08. The van der Waals surface area contributed by atoms with Gasteiger partial charge in [0.05, 0.1) is 6.04 Å². The number of aliphatic imine (C=N–C) groups is 2. The lowest BCUT2D eigenvalue weighted by Crippen LogP contribution is -2.30. The third kappa shape index (κ3) is 6.85. The topological polar surface area (TPSA) is 24.7 Å². The summed E-state index contributed by atoms with van der Waals surface area (Å²) in [4.78, 5) is 10.5. The van der Waals surface area contributed by atoms with Gasteiger partial charge in [-0.2, -0.15) is 0 Å². The van der Waals surface area contributed by atoms with Gasteiger partial charge in [0.2, 0.25) is 0 Å². The van der Waals surface area contributed by atoms with Gasteiger partial charge in [0.1, 0.15) is 0 Å². The fraction of sp³-hybridized carbons (Fsp3) is 0.265. The molecule has 3 aliphatic carbocycles. The SMILES string of the molecule is C/C(=N\C(=N/C(C)c1ccc(C2(c3ccc(C4=CCCc5ccccc54)cc3)CCCCC2)cc1)C1=CCCC=C1)c1ccc2ccccc2c1. The minimum atomic E-state index is -0.0216. The summed E-state index contributed by atoms with van der Waals surface area (Å²) in [6, 6.07) is 43.0. The minimum absolute atomic E-state index is 0.0216. The number of hydrogen-bond acceptors (Lipinski definition) is 1. The van der Waals surface area contributed by atoms with Crippen molar-refractivity contribution in [2.45, 2.75) is 83.1 Å². The van der Waals surface area contributed by atoms with E-state index in [1.807, 2.05) is 0 Å². The zero-order chi connectivity index (χ0) is 34.6. The lowest BCUT2D eigenvalue weighted by Gasteiger charge is -2.39. The molecule has 1 unspecified atom stereocenters. The summed E-state index contributed by atoms with van der Waals surface area (Å²) in [5.41, 5.74) is 12.9.